The first-order chi connectivity index (χ1) is 14.1. The second kappa shape index (κ2) is 10.3. The van der Waals surface area contributed by atoms with Crippen molar-refractivity contribution in [2.45, 2.75) is 19.8 Å². The van der Waals surface area contributed by atoms with E-state index in [1.807, 2.05) is 48.5 Å². The monoisotopic (exact) mass is 396 g/mol. The molecule has 2 aromatic carbocycles. The van der Waals surface area contributed by atoms with E-state index in [9.17, 15) is 4.79 Å². The van der Waals surface area contributed by atoms with Gasteiger partial charge in [0, 0.05) is 32.7 Å². The van der Waals surface area contributed by atoms with Gasteiger partial charge in [-0.05, 0) is 23.6 Å². The average molecular weight is 397 g/mol. The second-order valence-corrected chi connectivity index (χ2v) is 7.95. The minimum Gasteiger partial charge on any atom is -0.495 e. The molecule has 0 saturated carbocycles. The molecule has 1 fully saturated rings. The van der Waals surface area contributed by atoms with E-state index in [0.717, 1.165) is 43.2 Å². The number of carbonyl (C=O) groups excluding carboxylic acids is 1. The number of carbonyl (C=O) groups is 1. The molecule has 2 aromatic rings. The van der Waals surface area contributed by atoms with Gasteiger partial charge in [-0.3, -0.25) is 9.69 Å². The van der Waals surface area contributed by atoms with Gasteiger partial charge in [-0.25, -0.2) is 0 Å². The summed E-state index contributed by atoms with van der Waals surface area (Å²) in [5.41, 5.74) is 2.15. The Bertz CT molecular complexity index is 771. The Labute approximate surface area is 174 Å². The Kier molecular flexibility index (Phi) is 7.53. The van der Waals surface area contributed by atoms with Crippen LogP contribution in [0.1, 0.15) is 25.3 Å². The van der Waals surface area contributed by atoms with Crippen molar-refractivity contribution in [1.82, 2.24) is 4.90 Å². The standard InChI is InChI=1S/C24H32N2O3/c1-19(2)18-29-24(27)21(20-9-5-4-6-10-20)17-25-13-15-26(16-14-25)22-11-7-8-12-23(22)28-3/h4-12,19,21H,13-18H2,1-3H3. The molecular formula is C24H32N2O3. The van der Waals surface area contributed by atoms with E-state index < -0.39 is 0 Å². The number of rotatable bonds is 8. The third-order valence-corrected chi connectivity index (χ3v) is 5.28. The van der Waals surface area contributed by atoms with Gasteiger partial charge in [-0.15, -0.1) is 0 Å². The maximum Gasteiger partial charge on any atom is 0.314 e. The zero-order chi connectivity index (χ0) is 20.6. The average Bonchev–Trinajstić information content (AvgIpc) is 2.76. The molecule has 1 heterocycles. The molecule has 156 valence electrons. The van der Waals surface area contributed by atoms with Crippen molar-refractivity contribution in [2.24, 2.45) is 5.92 Å². The molecule has 29 heavy (non-hydrogen) atoms. The van der Waals surface area contributed by atoms with Gasteiger partial charge in [-0.2, -0.15) is 0 Å². The molecule has 0 aromatic heterocycles. The predicted molar refractivity (Wildman–Crippen MR) is 117 cm³/mol. The van der Waals surface area contributed by atoms with Crippen LogP contribution in [0.15, 0.2) is 54.6 Å². The Morgan fingerprint density at radius 1 is 0.966 bits per heavy atom. The normalized spacial score (nSPS) is 15.9. The van der Waals surface area contributed by atoms with E-state index >= 15 is 0 Å². The fourth-order valence-corrected chi connectivity index (χ4v) is 3.67. The van der Waals surface area contributed by atoms with Gasteiger partial charge in [0.15, 0.2) is 0 Å². The topological polar surface area (TPSA) is 42.0 Å². The molecule has 1 saturated heterocycles. The molecule has 0 aliphatic carbocycles. The number of para-hydroxylation sites is 2. The zero-order valence-corrected chi connectivity index (χ0v) is 17.7. The fourth-order valence-electron chi connectivity index (χ4n) is 3.67. The lowest BCUT2D eigenvalue weighted by molar-refractivity contribution is -0.147. The number of esters is 1. The lowest BCUT2D eigenvalue weighted by Gasteiger charge is -2.37. The van der Waals surface area contributed by atoms with Crippen molar-refractivity contribution in [1.29, 1.82) is 0 Å². The van der Waals surface area contributed by atoms with Crippen LogP contribution in [0.25, 0.3) is 0 Å². The number of benzene rings is 2. The Balaban J connectivity index is 1.64. The number of methoxy groups -OCH3 is 1. The van der Waals surface area contributed by atoms with Crippen molar-refractivity contribution in [3.63, 3.8) is 0 Å². The van der Waals surface area contributed by atoms with Crippen molar-refractivity contribution in [3.8, 4) is 5.75 Å². The van der Waals surface area contributed by atoms with E-state index in [1.165, 1.54) is 0 Å². The Morgan fingerprint density at radius 3 is 2.28 bits per heavy atom. The van der Waals surface area contributed by atoms with E-state index in [-0.39, 0.29) is 11.9 Å². The maximum absolute atomic E-state index is 12.8. The first-order valence-corrected chi connectivity index (χ1v) is 10.4. The van der Waals surface area contributed by atoms with Crippen LogP contribution in [0.4, 0.5) is 5.69 Å². The molecule has 1 unspecified atom stereocenters. The lowest BCUT2D eigenvalue weighted by Crippen LogP contribution is -2.48. The Morgan fingerprint density at radius 2 is 1.62 bits per heavy atom. The van der Waals surface area contributed by atoms with Crippen molar-refractivity contribution < 1.29 is 14.3 Å². The van der Waals surface area contributed by atoms with Gasteiger partial charge in [-0.1, -0.05) is 56.3 Å². The molecule has 0 spiro atoms. The largest absolute Gasteiger partial charge is 0.495 e. The summed E-state index contributed by atoms with van der Waals surface area (Å²) in [5.74, 6) is 0.852. The highest BCUT2D eigenvalue weighted by Crippen LogP contribution is 2.29. The summed E-state index contributed by atoms with van der Waals surface area (Å²) in [6.45, 7) is 8.87. The number of ether oxygens (including phenoxy) is 2. The van der Waals surface area contributed by atoms with E-state index in [2.05, 4.69) is 29.7 Å². The lowest BCUT2D eigenvalue weighted by atomic mass is 9.98. The van der Waals surface area contributed by atoms with Gasteiger partial charge in [0.2, 0.25) is 0 Å². The molecule has 5 heteroatoms. The van der Waals surface area contributed by atoms with Crippen molar-refractivity contribution >= 4 is 11.7 Å². The predicted octanol–water partition coefficient (Wildman–Crippen LogP) is 3.80. The first kappa shape index (κ1) is 21.2. The van der Waals surface area contributed by atoms with Crippen LogP contribution in [0.3, 0.4) is 0 Å². The van der Waals surface area contributed by atoms with Crippen LogP contribution in [-0.4, -0.2) is 57.3 Å². The summed E-state index contributed by atoms with van der Waals surface area (Å²) in [4.78, 5) is 17.5. The first-order valence-electron chi connectivity index (χ1n) is 10.4. The van der Waals surface area contributed by atoms with E-state index in [0.29, 0.717) is 19.1 Å². The molecule has 0 bridgehead atoms. The number of nitrogens with zero attached hydrogens (tertiary/aromatic N) is 2. The van der Waals surface area contributed by atoms with Crippen LogP contribution in [0, 0.1) is 5.92 Å². The van der Waals surface area contributed by atoms with Crippen molar-refractivity contribution in [3.05, 3.63) is 60.2 Å². The summed E-state index contributed by atoms with van der Waals surface area (Å²) >= 11 is 0. The van der Waals surface area contributed by atoms with Crippen LogP contribution in [0.5, 0.6) is 5.75 Å². The third kappa shape index (κ3) is 5.73. The highest BCUT2D eigenvalue weighted by atomic mass is 16.5. The van der Waals surface area contributed by atoms with Gasteiger partial charge in [0.25, 0.3) is 0 Å². The number of hydrogen-bond acceptors (Lipinski definition) is 5. The summed E-state index contributed by atoms with van der Waals surface area (Å²) in [5, 5.41) is 0. The molecular weight excluding hydrogens is 364 g/mol. The highest BCUT2D eigenvalue weighted by molar-refractivity contribution is 5.78. The smallest absolute Gasteiger partial charge is 0.314 e. The minimum atomic E-state index is -0.257. The van der Waals surface area contributed by atoms with E-state index in [1.54, 1.807) is 7.11 Å². The number of hydrogen-bond donors (Lipinski definition) is 0. The van der Waals surface area contributed by atoms with Crippen LogP contribution in [-0.2, 0) is 9.53 Å². The number of piperazine rings is 1. The second-order valence-electron chi connectivity index (χ2n) is 7.95. The van der Waals surface area contributed by atoms with Crippen LogP contribution < -0.4 is 9.64 Å². The summed E-state index contributed by atoms with van der Waals surface area (Å²) in [7, 11) is 1.71. The zero-order valence-electron chi connectivity index (χ0n) is 17.7. The molecule has 5 nitrogen and oxygen atoms in total. The summed E-state index contributed by atoms with van der Waals surface area (Å²) in [6.07, 6.45) is 0. The maximum atomic E-state index is 12.8. The van der Waals surface area contributed by atoms with Gasteiger partial charge >= 0.3 is 5.97 Å². The van der Waals surface area contributed by atoms with Crippen LogP contribution in [0.2, 0.25) is 0 Å². The number of anilines is 1. The quantitative estimate of drug-likeness (QED) is 0.635. The van der Waals surface area contributed by atoms with Crippen LogP contribution >= 0.6 is 0 Å². The molecule has 0 N–H and O–H groups in total. The summed E-state index contributed by atoms with van der Waals surface area (Å²) in [6, 6.07) is 18.1. The van der Waals surface area contributed by atoms with Gasteiger partial charge in [0.1, 0.15) is 5.75 Å². The molecule has 1 aliphatic heterocycles. The molecule has 3 rings (SSSR count). The minimum absolute atomic E-state index is 0.128. The molecule has 1 aliphatic rings. The van der Waals surface area contributed by atoms with Gasteiger partial charge in [0.05, 0.1) is 25.3 Å². The van der Waals surface area contributed by atoms with E-state index in [4.69, 9.17) is 9.47 Å². The molecule has 1 atom stereocenters. The highest BCUT2D eigenvalue weighted by Gasteiger charge is 2.27. The SMILES string of the molecule is COc1ccccc1N1CCN(CC(C(=O)OCC(C)C)c2ccccc2)CC1. The molecule has 0 amide bonds. The Hall–Kier alpha value is -2.53. The third-order valence-electron chi connectivity index (χ3n) is 5.28. The molecule has 0 radical (unpaired) electrons. The van der Waals surface area contributed by atoms with Gasteiger partial charge < -0.3 is 14.4 Å². The summed E-state index contributed by atoms with van der Waals surface area (Å²) < 4.78 is 11.1. The fraction of sp³-hybridized carbons (Fsp3) is 0.458. The van der Waals surface area contributed by atoms with Crippen molar-refractivity contribution in [2.75, 3.05) is 51.3 Å².